The largest absolute Gasteiger partial charge is 0.325 e. The fraction of sp³-hybridized carbons (Fsp3) is 0.0690. The average Bonchev–Trinajstić information content (AvgIpc) is 3.39. The molecule has 0 bridgehead atoms. The Morgan fingerprint density at radius 2 is 1.62 bits per heavy atom. The van der Waals surface area contributed by atoms with E-state index in [9.17, 15) is 14.0 Å². The van der Waals surface area contributed by atoms with Gasteiger partial charge in [-0.15, -0.1) is 22.6 Å². The zero-order valence-corrected chi connectivity index (χ0v) is 22.9. The van der Waals surface area contributed by atoms with Crippen molar-refractivity contribution in [2.45, 2.75) is 12.1 Å². The number of aromatic nitrogens is 4. The summed E-state index contributed by atoms with van der Waals surface area (Å²) in [6, 6.07) is 24.2. The number of hydrogen-bond acceptors (Lipinski definition) is 6. The first-order chi connectivity index (χ1) is 19.0. The smallest absolute Gasteiger partial charge is 0.258 e. The Labute approximate surface area is 240 Å². The number of pyridine rings is 1. The molecule has 0 aliphatic carbocycles. The van der Waals surface area contributed by atoms with E-state index in [0.717, 1.165) is 16.8 Å². The Balaban J connectivity index is 0.00000370. The molecule has 2 heterocycles. The number of rotatable bonds is 8. The lowest BCUT2D eigenvalue weighted by molar-refractivity contribution is -0.113. The number of carbonyl (C=O) groups excluding carboxylic acids is 2. The van der Waals surface area contributed by atoms with E-state index in [0.29, 0.717) is 22.4 Å². The van der Waals surface area contributed by atoms with Crippen molar-refractivity contribution in [3.63, 3.8) is 0 Å². The van der Waals surface area contributed by atoms with E-state index in [1.54, 1.807) is 36.7 Å². The average molecular weight is 575 g/mol. The number of benzene rings is 3. The highest BCUT2D eigenvalue weighted by atomic mass is 35.5. The molecule has 202 valence electrons. The summed E-state index contributed by atoms with van der Waals surface area (Å²) in [6.45, 7) is 1.85. The van der Waals surface area contributed by atoms with Crippen molar-refractivity contribution in [1.82, 2.24) is 19.7 Å². The number of anilines is 2. The topological polar surface area (TPSA) is 102 Å². The van der Waals surface area contributed by atoms with Crippen LogP contribution in [0, 0.1) is 12.7 Å². The highest BCUT2D eigenvalue weighted by molar-refractivity contribution is 7.99. The SMILES string of the molecule is Cc1ccc(NC(=O)c2ccccc2F)cc1NC(=O)CSc1nnc(-c2ccncc2)n1-c1ccccc1.Cl. The fourth-order valence-electron chi connectivity index (χ4n) is 3.86. The zero-order valence-electron chi connectivity index (χ0n) is 21.2. The van der Waals surface area contributed by atoms with Crippen molar-refractivity contribution in [2.24, 2.45) is 0 Å². The van der Waals surface area contributed by atoms with Crippen LogP contribution in [0.15, 0.2) is 102 Å². The lowest BCUT2D eigenvalue weighted by atomic mass is 10.1. The molecule has 0 aliphatic heterocycles. The van der Waals surface area contributed by atoms with Gasteiger partial charge < -0.3 is 10.6 Å². The number of aryl methyl sites for hydroxylation is 1. The molecule has 40 heavy (non-hydrogen) atoms. The van der Waals surface area contributed by atoms with Crippen LogP contribution in [0.5, 0.6) is 0 Å². The summed E-state index contributed by atoms with van der Waals surface area (Å²) in [5.41, 5.74) is 3.43. The van der Waals surface area contributed by atoms with Gasteiger partial charge in [-0.25, -0.2) is 4.39 Å². The van der Waals surface area contributed by atoms with Crippen LogP contribution in [0.3, 0.4) is 0 Å². The van der Waals surface area contributed by atoms with Gasteiger partial charge in [-0.1, -0.05) is 48.2 Å². The molecule has 8 nitrogen and oxygen atoms in total. The third kappa shape index (κ3) is 6.53. The van der Waals surface area contributed by atoms with Crippen LogP contribution in [0.1, 0.15) is 15.9 Å². The summed E-state index contributed by atoms with van der Waals surface area (Å²) in [4.78, 5) is 29.5. The molecular weight excluding hydrogens is 551 g/mol. The Morgan fingerprint density at radius 1 is 0.900 bits per heavy atom. The predicted molar refractivity (Wildman–Crippen MR) is 157 cm³/mol. The first-order valence-corrected chi connectivity index (χ1v) is 13.0. The van der Waals surface area contributed by atoms with Crippen molar-refractivity contribution in [1.29, 1.82) is 0 Å². The van der Waals surface area contributed by atoms with Gasteiger partial charge in [0.15, 0.2) is 11.0 Å². The van der Waals surface area contributed by atoms with Gasteiger partial charge in [0, 0.05) is 35.0 Å². The van der Waals surface area contributed by atoms with E-state index in [-0.39, 0.29) is 29.6 Å². The summed E-state index contributed by atoms with van der Waals surface area (Å²) in [6.07, 6.45) is 3.38. The van der Waals surface area contributed by atoms with Crippen molar-refractivity contribution >= 4 is 47.4 Å². The molecule has 0 aliphatic rings. The van der Waals surface area contributed by atoms with Gasteiger partial charge in [-0.05, 0) is 61.0 Å². The minimum absolute atomic E-state index is 0. The minimum atomic E-state index is -0.608. The van der Waals surface area contributed by atoms with E-state index < -0.39 is 11.7 Å². The van der Waals surface area contributed by atoms with Gasteiger partial charge in [0.1, 0.15) is 5.82 Å². The Kier molecular flexibility index (Phi) is 9.26. The van der Waals surface area contributed by atoms with Crippen LogP contribution in [0.2, 0.25) is 0 Å². The number of nitrogens with one attached hydrogen (secondary N) is 2. The van der Waals surface area contributed by atoms with E-state index in [1.165, 1.54) is 30.0 Å². The molecular formula is C29H24ClFN6O2S. The first kappa shape index (κ1) is 28.5. The Bertz CT molecular complexity index is 1630. The number of halogens is 2. The van der Waals surface area contributed by atoms with Gasteiger partial charge >= 0.3 is 0 Å². The normalized spacial score (nSPS) is 10.4. The number of nitrogens with zero attached hydrogens (tertiary/aromatic N) is 4. The number of hydrogen-bond donors (Lipinski definition) is 2. The summed E-state index contributed by atoms with van der Waals surface area (Å²) in [5, 5.41) is 14.9. The van der Waals surface area contributed by atoms with Crippen LogP contribution in [-0.2, 0) is 4.79 Å². The standard InChI is InChI=1S/C29H23FN6O2S.ClH/c1-19-11-12-21(32-28(38)23-9-5-6-10-24(23)30)17-25(19)33-26(37)18-39-29-35-34-27(20-13-15-31-16-14-20)36(29)22-7-3-2-4-8-22;/h2-17H,18H2,1H3,(H,32,38)(H,33,37);1H. The number of amides is 2. The van der Waals surface area contributed by atoms with Gasteiger partial charge in [0.2, 0.25) is 5.91 Å². The number of thioether (sulfide) groups is 1. The Hall–Kier alpha value is -4.54. The highest BCUT2D eigenvalue weighted by Gasteiger charge is 2.18. The summed E-state index contributed by atoms with van der Waals surface area (Å²) < 4.78 is 15.9. The lowest BCUT2D eigenvalue weighted by Crippen LogP contribution is -2.17. The molecule has 0 spiro atoms. The molecule has 5 aromatic rings. The highest BCUT2D eigenvalue weighted by Crippen LogP contribution is 2.28. The molecule has 0 fully saturated rings. The second-order valence-electron chi connectivity index (χ2n) is 8.51. The third-order valence-electron chi connectivity index (χ3n) is 5.81. The fourth-order valence-corrected chi connectivity index (χ4v) is 4.61. The molecule has 2 amide bonds. The predicted octanol–water partition coefficient (Wildman–Crippen LogP) is 6.18. The number of carbonyl (C=O) groups is 2. The van der Waals surface area contributed by atoms with E-state index in [4.69, 9.17) is 0 Å². The minimum Gasteiger partial charge on any atom is -0.325 e. The van der Waals surface area contributed by atoms with Gasteiger partial charge in [-0.2, -0.15) is 0 Å². The third-order valence-corrected chi connectivity index (χ3v) is 6.74. The maximum atomic E-state index is 14.0. The van der Waals surface area contributed by atoms with Gasteiger partial charge in [-0.3, -0.25) is 19.1 Å². The van der Waals surface area contributed by atoms with Crippen molar-refractivity contribution in [2.75, 3.05) is 16.4 Å². The van der Waals surface area contributed by atoms with Crippen LogP contribution in [0.25, 0.3) is 17.1 Å². The molecule has 2 N–H and O–H groups in total. The monoisotopic (exact) mass is 574 g/mol. The maximum Gasteiger partial charge on any atom is 0.258 e. The molecule has 2 aromatic heterocycles. The van der Waals surface area contributed by atoms with Gasteiger partial charge in [0.05, 0.1) is 11.3 Å². The molecule has 0 saturated heterocycles. The van der Waals surface area contributed by atoms with Crippen molar-refractivity contribution in [3.8, 4) is 17.1 Å². The second-order valence-corrected chi connectivity index (χ2v) is 9.46. The quantitative estimate of drug-likeness (QED) is 0.215. The van der Waals surface area contributed by atoms with Crippen LogP contribution >= 0.6 is 24.2 Å². The maximum absolute atomic E-state index is 14.0. The van der Waals surface area contributed by atoms with E-state index in [1.807, 2.05) is 54.0 Å². The van der Waals surface area contributed by atoms with Crippen molar-refractivity contribution < 1.29 is 14.0 Å². The van der Waals surface area contributed by atoms with Crippen molar-refractivity contribution in [3.05, 3.63) is 114 Å². The molecule has 0 saturated carbocycles. The second kappa shape index (κ2) is 13.0. The molecule has 0 atom stereocenters. The van der Waals surface area contributed by atoms with Crippen LogP contribution in [-0.4, -0.2) is 37.3 Å². The van der Waals surface area contributed by atoms with Crippen LogP contribution in [0.4, 0.5) is 15.8 Å². The molecule has 11 heteroatoms. The van der Waals surface area contributed by atoms with Crippen LogP contribution < -0.4 is 10.6 Å². The summed E-state index contributed by atoms with van der Waals surface area (Å²) >= 11 is 1.25. The molecule has 3 aromatic carbocycles. The molecule has 0 radical (unpaired) electrons. The molecule has 5 rings (SSSR count). The number of para-hydroxylation sites is 1. The zero-order chi connectivity index (χ0) is 27.2. The Morgan fingerprint density at radius 3 is 2.38 bits per heavy atom. The lowest BCUT2D eigenvalue weighted by Gasteiger charge is -2.12. The first-order valence-electron chi connectivity index (χ1n) is 12.0. The van der Waals surface area contributed by atoms with E-state index >= 15 is 0 Å². The molecule has 0 unspecified atom stereocenters. The van der Waals surface area contributed by atoms with E-state index in [2.05, 4.69) is 25.8 Å². The van der Waals surface area contributed by atoms with Gasteiger partial charge in [0.25, 0.3) is 5.91 Å². The summed E-state index contributed by atoms with van der Waals surface area (Å²) in [7, 11) is 0. The summed E-state index contributed by atoms with van der Waals surface area (Å²) in [5.74, 6) is -0.723.